The van der Waals surface area contributed by atoms with Crippen molar-refractivity contribution in [2.75, 3.05) is 10.2 Å². The number of thiazole rings is 1. The van der Waals surface area contributed by atoms with E-state index in [0.717, 1.165) is 16.2 Å². The first-order valence-electron chi connectivity index (χ1n) is 8.81. The average Bonchev–Trinajstić information content (AvgIpc) is 3.29. The number of nitrogens with one attached hydrogen (secondary N) is 1. The summed E-state index contributed by atoms with van der Waals surface area (Å²) in [5.74, 6) is -0.724. The molecule has 1 N–H and O–H groups in total. The van der Waals surface area contributed by atoms with E-state index >= 15 is 0 Å². The third-order valence-electron chi connectivity index (χ3n) is 4.51. The molecular formula is C21H17N3O3S. The number of carbonyl (C=O) groups excluding carboxylic acids is 3. The normalized spacial score (nSPS) is 13.8. The van der Waals surface area contributed by atoms with E-state index in [-0.39, 0.29) is 30.6 Å². The summed E-state index contributed by atoms with van der Waals surface area (Å²) in [6, 6.07) is 14.4. The first-order valence-corrected chi connectivity index (χ1v) is 9.69. The molecule has 1 aromatic heterocycles. The first kappa shape index (κ1) is 18.1. The molecule has 3 amide bonds. The fraction of sp³-hybridized carbons (Fsp3) is 0.143. The summed E-state index contributed by atoms with van der Waals surface area (Å²) in [5, 5.41) is 5.19. The van der Waals surface area contributed by atoms with Crippen molar-refractivity contribution in [2.24, 2.45) is 0 Å². The van der Waals surface area contributed by atoms with Gasteiger partial charge in [-0.05, 0) is 31.2 Å². The summed E-state index contributed by atoms with van der Waals surface area (Å²) in [4.78, 5) is 41.7. The maximum absolute atomic E-state index is 12.5. The van der Waals surface area contributed by atoms with Crippen LogP contribution in [0.4, 0.5) is 10.8 Å². The molecule has 0 bridgehead atoms. The Balaban J connectivity index is 1.46. The summed E-state index contributed by atoms with van der Waals surface area (Å²) in [6.07, 6.45) is 0.461. The number of hydrogen-bond donors (Lipinski definition) is 1. The van der Waals surface area contributed by atoms with E-state index in [0.29, 0.717) is 16.4 Å². The number of aryl methyl sites for hydroxylation is 1. The van der Waals surface area contributed by atoms with Gasteiger partial charge in [0.05, 0.1) is 11.4 Å². The zero-order chi connectivity index (χ0) is 19.7. The fourth-order valence-electron chi connectivity index (χ4n) is 2.98. The second-order valence-electron chi connectivity index (χ2n) is 6.53. The zero-order valence-electron chi connectivity index (χ0n) is 15.1. The molecule has 0 unspecified atom stereocenters. The third kappa shape index (κ3) is 3.57. The lowest BCUT2D eigenvalue weighted by Gasteiger charge is -2.13. The maximum atomic E-state index is 12.5. The highest BCUT2D eigenvalue weighted by Gasteiger charge is 2.30. The van der Waals surface area contributed by atoms with Crippen molar-refractivity contribution in [3.63, 3.8) is 0 Å². The lowest BCUT2D eigenvalue weighted by molar-refractivity contribution is -0.121. The molecule has 2 heterocycles. The number of rotatable bonds is 4. The summed E-state index contributed by atoms with van der Waals surface area (Å²) in [5.41, 5.74) is 3.89. The molecule has 1 aliphatic rings. The van der Waals surface area contributed by atoms with Gasteiger partial charge in [-0.1, -0.05) is 29.8 Å². The quantitative estimate of drug-likeness (QED) is 0.681. The molecule has 6 nitrogen and oxygen atoms in total. The lowest BCUT2D eigenvalue weighted by Crippen LogP contribution is -2.28. The second-order valence-corrected chi connectivity index (χ2v) is 7.39. The summed E-state index contributed by atoms with van der Waals surface area (Å²) in [7, 11) is 0. The number of anilines is 2. The molecule has 1 fully saturated rings. The van der Waals surface area contributed by atoms with Gasteiger partial charge in [0.1, 0.15) is 0 Å². The van der Waals surface area contributed by atoms with Crippen LogP contribution in [0, 0.1) is 6.92 Å². The SMILES string of the molecule is Cc1ccc(-c2csc(NC(=O)c3ccc(N4C(=O)CCC4=O)cc3)n2)cc1. The Hall–Kier alpha value is -3.32. The van der Waals surface area contributed by atoms with Crippen molar-refractivity contribution in [3.8, 4) is 11.3 Å². The Morgan fingerprint density at radius 1 is 1.00 bits per heavy atom. The molecule has 28 heavy (non-hydrogen) atoms. The highest BCUT2D eigenvalue weighted by Crippen LogP contribution is 2.26. The number of aromatic nitrogens is 1. The largest absolute Gasteiger partial charge is 0.298 e. The van der Waals surface area contributed by atoms with Crippen LogP contribution < -0.4 is 10.2 Å². The third-order valence-corrected chi connectivity index (χ3v) is 5.27. The van der Waals surface area contributed by atoms with E-state index in [1.807, 2.05) is 36.6 Å². The highest BCUT2D eigenvalue weighted by molar-refractivity contribution is 7.14. The van der Waals surface area contributed by atoms with Crippen LogP contribution in [0.25, 0.3) is 11.3 Å². The van der Waals surface area contributed by atoms with E-state index < -0.39 is 0 Å². The molecule has 140 valence electrons. The van der Waals surface area contributed by atoms with Crippen molar-refractivity contribution in [2.45, 2.75) is 19.8 Å². The minimum Gasteiger partial charge on any atom is -0.298 e. The minimum atomic E-state index is -0.296. The monoisotopic (exact) mass is 391 g/mol. The second kappa shape index (κ2) is 7.36. The smallest absolute Gasteiger partial charge is 0.257 e. The van der Waals surface area contributed by atoms with Gasteiger partial charge in [0.25, 0.3) is 5.91 Å². The van der Waals surface area contributed by atoms with Crippen LogP contribution in [0.1, 0.15) is 28.8 Å². The molecule has 0 aliphatic carbocycles. The van der Waals surface area contributed by atoms with E-state index in [9.17, 15) is 14.4 Å². The van der Waals surface area contributed by atoms with Crippen LogP contribution in [-0.2, 0) is 9.59 Å². The van der Waals surface area contributed by atoms with Gasteiger partial charge in [-0.25, -0.2) is 4.98 Å². The first-order chi connectivity index (χ1) is 13.5. The Morgan fingerprint density at radius 3 is 2.29 bits per heavy atom. The molecule has 7 heteroatoms. The molecule has 3 aromatic rings. The van der Waals surface area contributed by atoms with E-state index in [4.69, 9.17) is 0 Å². The van der Waals surface area contributed by atoms with Crippen molar-refractivity contribution >= 4 is 39.9 Å². The van der Waals surface area contributed by atoms with Crippen LogP contribution in [0.5, 0.6) is 0 Å². The molecule has 1 aliphatic heterocycles. The van der Waals surface area contributed by atoms with Gasteiger partial charge in [-0.2, -0.15) is 0 Å². The standard InChI is InChI=1S/C21H17N3O3S/c1-13-2-4-14(5-3-13)17-12-28-21(22-17)23-20(27)15-6-8-16(9-7-15)24-18(25)10-11-19(24)26/h2-9,12H,10-11H2,1H3,(H,22,23,27). The van der Waals surface area contributed by atoms with Crippen LogP contribution in [0.15, 0.2) is 53.9 Å². The average molecular weight is 391 g/mol. The van der Waals surface area contributed by atoms with Crippen LogP contribution in [0.2, 0.25) is 0 Å². The number of benzene rings is 2. The van der Waals surface area contributed by atoms with Crippen molar-refractivity contribution in [3.05, 3.63) is 65.0 Å². The maximum Gasteiger partial charge on any atom is 0.257 e. The van der Waals surface area contributed by atoms with Gasteiger partial charge in [0, 0.05) is 29.3 Å². The Labute approximate surface area is 165 Å². The Morgan fingerprint density at radius 2 is 1.64 bits per heavy atom. The number of amides is 3. The topological polar surface area (TPSA) is 79.4 Å². The Kier molecular flexibility index (Phi) is 4.75. The van der Waals surface area contributed by atoms with Gasteiger partial charge >= 0.3 is 0 Å². The molecule has 0 spiro atoms. The number of nitrogens with zero attached hydrogens (tertiary/aromatic N) is 2. The van der Waals surface area contributed by atoms with E-state index in [1.54, 1.807) is 24.3 Å². The van der Waals surface area contributed by atoms with Crippen LogP contribution >= 0.6 is 11.3 Å². The molecule has 4 rings (SSSR count). The Bertz CT molecular complexity index is 1040. The molecule has 0 saturated carbocycles. The van der Waals surface area contributed by atoms with Crippen molar-refractivity contribution < 1.29 is 14.4 Å². The number of carbonyl (C=O) groups is 3. The van der Waals surface area contributed by atoms with Gasteiger partial charge in [0.15, 0.2) is 5.13 Å². The van der Waals surface area contributed by atoms with Crippen LogP contribution in [-0.4, -0.2) is 22.7 Å². The van der Waals surface area contributed by atoms with Gasteiger partial charge in [-0.15, -0.1) is 11.3 Å². The van der Waals surface area contributed by atoms with Gasteiger partial charge < -0.3 is 0 Å². The zero-order valence-corrected chi connectivity index (χ0v) is 16.0. The number of imide groups is 1. The number of hydrogen-bond acceptors (Lipinski definition) is 5. The highest BCUT2D eigenvalue weighted by atomic mass is 32.1. The van der Waals surface area contributed by atoms with Gasteiger partial charge in [0.2, 0.25) is 11.8 Å². The van der Waals surface area contributed by atoms with Crippen molar-refractivity contribution in [1.82, 2.24) is 4.98 Å². The fourth-order valence-corrected chi connectivity index (χ4v) is 3.70. The van der Waals surface area contributed by atoms with Gasteiger partial charge in [-0.3, -0.25) is 24.6 Å². The predicted octanol–water partition coefficient (Wildman–Crippen LogP) is 4.02. The predicted molar refractivity (Wildman–Crippen MR) is 108 cm³/mol. The summed E-state index contributed by atoms with van der Waals surface area (Å²) in [6.45, 7) is 2.03. The lowest BCUT2D eigenvalue weighted by atomic mass is 10.1. The minimum absolute atomic E-state index is 0.214. The molecule has 0 atom stereocenters. The van der Waals surface area contributed by atoms with E-state index in [1.165, 1.54) is 16.9 Å². The van der Waals surface area contributed by atoms with E-state index in [2.05, 4.69) is 10.3 Å². The van der Waals surface area contributed by atoms with Crippen molar-refractivity contribution in [1.29, 1.82) is 0 Å². The summed E-state index contributed by atoms with van der Waals surface area (Å²) >= 11 is 1.36. The molecule has 2 aromatic carbocycles. The molecule has 0 radical (unpaired) electrons. The van der Waals surface area contributed by atoms with Crippen LogP contribution in [0.3, 0.4) is 0 Å². The summed E-state index contributed by atoms with van der Waals surface area (Å²) < 4.78 is 0. The molecular weight excluding hydrogens is 374 g/mol. The molecule has 1 saturated heterocycles.